The van der Waals surface area contributed by atoms with E-state index in [1.54, 1.807) is 32.9 Å². The Kier molecular flexibility index (Phi) is 4.82. The van der Waals surface area contributed by atoms with Crippen molar-refractivity contribution in [2.45, 2.75) is 40.2 Å². The van der Waals surface area contributed by atoms with Crippen molar-refractivity contribution in [3.05, 3.63) is 52.1 Å². The molecule has 132 valence electrons. The second-order valence-electron chi connectivity index (χ2n) is 7.11. The molecule has 1 aromatic carbocycles. The third-order valence-corrected chi connectivity index (χ3v) is 4.07. The summed E-state index contributed by atoms with van der Waals surface area (Å²) in [7, 11) is 0. The van der Waals surface area contributed by atoms with E-state index in [1.165, 1.54) is 26.0 Å². The van der Waals surface area contributed by atoms with Crippen molar-refractivity contribution in [1.29, 1.82) is 0 Å². The van der Waals surface area contributed by atoms with E-state index >= 15 is 0 Å². The topological polar surface area (TPSA) is 91.7 Å². The molecule has 0 fully saturated rings. The van der Waals surface area contributed by atoms with Crippen LogP contribution >= 0.6 is 0 Å². The minimum absolute atomic E-state index is 0.0618. The number of benzene rings is 1. The molecule has 0 bridgehead atoms. The molecule has 5 nitrogen and oxygen atoms in total. The monoisotopic (exact) mass is 342 g/mol. The van der Waals surface area contributed by atoms with Crippen LogP contribution in [0, 0.1) is 12.8 Å². The van der Waals surface area contributed by atoms with Gasteiger partial charge in [-0.3, -0.25) is 14.4 Å². The number of fused-ring (bicyclic) bond motifs is 1. The first kappa shape index (κ1) is 18.8. The van der Waals surface area contributed by atoms with Crippen LogP contribution in [-0.2, 0) is 4.79 Å². The van der Waals surface area contributed by atoms with Crippen molar-refractivity contribution in [2.75, 3.05) is 0 Å². The summed E-state index contributed by atoms with van der Waals surface area (Å²) in [5.41, 5.74) is -0.412. The summed E-state index contributed by atoms with van der Waals surface area (Å²) in [5.74, 6) is -2.65. The van der Waals surface area contributed by atoms with Crippen LogP contribution < -0.4 is 0 Å². The number of aryl methyl sites for hydroxylation is 1. The van der Waals surface area contributed by atoms with Crippen LogP contribution in [0.15, 0.2) is 29.9 Å². The molecule has 0 aliphatic heterocycles. The van der Waals surface area contributed by atoms with Crippen LogP contribution in [0.3, 0.4) is 0 Å². The molecule has 0 unspecified atom stereocenters. The van der Waals surface area contributed by atoms with Crippen molar-refractivity contribution in [3.8, 4) is 0 Å². The maximum absolute atomic E-state index is 12.6. The fourth-order valence-electron chi connectivity index (χ4n) is 2.84. The summed E-state index contributed by atoms with van der Waals surface area (Å²) in [5, 5.41) is 20.2. The third-order valence-electron chi connectivity index (χ3n) is 4.07. The summed E-state index contributed by atoms with van der Waals surface area (Å²) < 4.78 is 0. The lowest BCUT2D eigenvalue weighted by Crippen LogP contribution is -2.29. The van der Waals surface area contributed by atoms with E-state index in [1.807, 2.05) is 0 Å². The van der Waals surface area contributed by atoms with Crippen LogP contribution in [0.1, 0.15) is 59.5 Å². The van der Waals surface area contributed by atoms with E-state index in [-0.39, 0.29) is 33.9 Å². The molecule has 0 atom stereocenters. The van der Waals surface area contributed by atoms with E-state index in [4.69, 9.17) is 0 Å². The molecule has 0 radical (unpaired) electrons. The van der Waals surface area contributed by atoms with Crippen molar-refractivity contribution < 1.29 is 24.6 Å². The molecule has 5 heteroatoms. The molecular formula is C20H22O5. The normalized spacial score (nSPS) is 15.3. The molecule has 0 amide bonds. The van der Waals surface area contributed by atoms with Gasteiger partial charge in [-0.1, -0.05) is 26.0 Å². The zero-order chi connectivity index (χ0) is 19.1. The number of rotatable bonds is 4. The van der Waals surface area contributed by atoms with E-state index in [2.05, 4.69) is 0 Å². The van der Waals surface area contributed by atoms with Gasteiger partial charge in [-0.25, -0.2) is 0 Å². The second-order valence-corrected chi connectivity index (χ2v) is 7.11. The molecule has 0 spiro atoms. The lowest BCUT2D eigenvalue weighted by Gasteiger charge is -2.22. The highest BCUT2D eigenvalue weighted by Gasteiger charge is 2.37. The van der Waals surface area contributed by atoms with Crippen LogP contribution in [0.5, 0.6) is 0 Å². The number of allylic oxidation sites excluding steroid dienone is 2. The van der Waals surface area contributed by atoms with Gasteiger partial charge in [-0.15, -0.1) is 0 Å². The molecule has 0 saturated carbocycles. The first-order chi connectivity index (χ1) is 11.5. The van der Waals surface area contributed by atoms with Crippen molar-refractivity contribution in [2.24, 2.45) is 5.92 Å². The summed E-state index contributed by atoms with van der Waals surface area (Å²) in [6.45, 7) is 8.12. The molecule has 1 aliphatic rings. The molecule has 2 rings (SSSR count). The number of aliphatic hydroxyl groups is 2. The molecule has 0 heterocycles. The van der Waals surface area contributed by atoms with E-state index in [0.717, 1.165) is 0 Å². The molecule has 0 aromatic heterocycles. The molecule has 2 N–H and O–H groups in total. The first-order valence-electron chi connectivity index (χ1n) is 8.07. The summed E-state index contributed by atoms with van der Waals surface area (Å²) in [4.78, 5) is 37.6. The lowest BCUT2D eigenvalue weighted by molar-refractivity contribution is -0.112. The minimum Gasteiger partial charge on any atom is -0.507 e. The first-order valence-corrected chi connectivity index (χ1v) is 8.07. The van der Waals surface area contributed by atoms with Gasteiger partial charge in [-0.2, -0.15) is 0 Å². The van der Waals surface area contributed by atoms with Gasteiger partial charge in [0.2, 0.25) is 11.6 Å². The van der Waals surface area contributed by atoms with Crippen molar-refractivity contribution in [3.63, 3.8) is 0 Å². The van der Waals surface area contributed by atoms with Gasteiger partial charge in [-0.05, 0) is 44.4 Å². The highest BCUT2D eigenvalue weighted by Crippen LogP contribution is 2.34. The van der Waals surface area contributed by atoms with Gasteiger partial charge in [0.05, 0.1) is 5.60 Å². The fourth-order valence-corrected chi connectivity index (χ4v) is 2.84. The Morgan fingerprint density at radius 3 is 2.28 bits per heavy atom. The average Bonchev–Trinajstić information content (AvgIpc) is 2.49. The Bertz CT molecular complexity index is 832. The number of aliphatic hydroxyl groups excluding tert-OH is 1. The Balaban J connectivity index is 2.73. The lowest BCUT2D eigenvalue weighted by atomic mass is 9.79. The third kappa shape index (κ3) is 3.46. The predicted molar refractivity (Wildman–Crippen MR) is 94.7 cm³/mol. The largest absolute Gasteiger partial charge is 0.507 e. The maximum atomic E-state index is 12.6. The van der Waals surface area contributed by atoms with E-state index in [0.29, 0.717) is 5.56 Å². The molecule has 1 aliphatic carbocycles. The van der Waals surface area contributed by atoms with Gasteiger partial charge in [0.15, 0.2) is 5.78 Å². The number of carbonyl (C=O) groups excluding carboxylic acids is 3. The van der Waals surface area contributed by atoms with Crippen LogP contribution in [0.25, 0.3) is 5.76 Å². The van der Waals surface area contributed by atoms with Crippen molar-refractivity contribution in [1.82, 2.24) is 0 Å². The predicted octanol–water partition coefficient (Wildman–Crippen LogP) is 3.20. The van der Waals surface area contributed by atoms with Gasteiger partial charge >= 0.3 is 0 Å². The molecular weight excluding hydrogens is 320 g/mol. The van der Waals surface area contributed by atoms with E-state index < -0.39 is 23.0 Å². The molecule has 0 saturated heterocycles. The highest BCUT2D eigenvalue weighted by atomic mass is 16.3. The Labute approximate surface area is 146 Å². The SMILES string of the molecule is Cc1ccc2c(c1C(=O)/C=C/C(C)(C)O)C(=O)C(=O)C(C(C)C)=C2O. The summed E-state index contributed by atoms with van der Waals surface area (Å²) >= 11 is 0. The van der Waals surface area contributed by atoms with Crippen LogP contribution in [0.2, 0.25) is 0 Å². The summed E-state index contributed by atoms with van der Waals surface area (Å²) in [6, 6.07) is 3.17. The highest BCUT2D eigenvalue weighted by molar-refractivity contribution is 6.53. The van der Waals surface area contributed by atoms with E-state index in [9.17, 15) is 24.6 Å². The van der Waals surface area contributed by atoms with Gasteiger partial charge in [0, 0.05) is 22.3 Å². The average molecular weight is 342 g/mol. The Morgan fingerprint density at radius 2 is 1.76 bits per heavy atom. The van der Waals surface area contributed by atoms with Crippen molar-refractivity contribution >= 4 is 23.1 Å². The van der Waals surface area contributed by atoms with Gasteiger partial charge < -0.3 is 10.2 Å². The molecule has 25 heavy (non-hydrogen) atoms. The zero-order valence-corrected chi connectivity index (χ0v) is 15.0. The number of hydrogen-bond donors (Lipinski definition) is 2. The van der Waals surface area contributed by atoms with Crippen LogP contribution in [-0.4, -0.2) is 33.2 Å². The minimum atomic E-state index is -1.19. The van der Waals surface area contributed by atoms with Gasteiger partial charge in [0.1, 0.15) is 5.76 Å². The van der Waals surface area contributed by atoms with Crippen LogP contribution in [0.4, 0.5) is 0 Å². The zero-order valence-electron chi connectivity index (χ0n) is 15.0. The molecule has 1 aromatic rings. The fraction of sp³-hybridized carbons (Fsp3) is 0.350. The van der Waals surface area contributed by atoms with Gasteiger partial charge in [0.25, 0.3) is 0 Å². The Morgan fingerprint density at radius 1 is 1.16 bits per heavy atom. The number of carbonyl (C=O) groups is 3. The maximum Gasteiger partial charge on any atom is 0.234 e. The number of Topliss-reactive ketones (excluding diaryl/α,β-unsaturated/α-hetero) is 2. The quantitative estimate of drug-likeness (QED) is 0.498. The number of ketones is 3. The second kappa shape index (κ2) is 6.41. The summed E-state index contributed by atoms with van der Waals surface area (Å²) in [6.07, 6.45) is 2.50. The standard InChI is InChI=1S/C20H22O5/c1-10(2)14-17(22)12-7-6-11(3)15(16(12)19(24)18(14)23)13(21)8-9-20(4,5)25/h6-10,22,25H,1-5H3/b9-8+. The Hall–Kier alpha value is -2.53. The number of hydrogen-bond acceptors (Lipinski definition) is 5. The smallest absolute Gasteiger partial charge is 0.234 e.